The van der Waals surface area contributed by atoms with Crippen LogP contribution >= 0.6 is 0 Å². The SMILES string of the molecule is CC.NS(=O)[O-]. The van der Waals surface area contributed by atoms with Crippen molar-refractivity contribution >= 4 is 11.3 Å². The molecule has 3 nitrogen and oxygen atoms in total. The lowest BCUT2D eigenvalue weighted by atomic mass is 11.0. The van der Waals surface area contributed by atoms with Crippen molar-refractivity contribution in [3.8, 4) is 0 Å². The summed E-state index contributed by atoms with van der Waals surface area (Å²) < 4.78 is 17.6. The fourth-order valence-electron chi connectivity index (χ4n) is 0. The molecule has 1 unspecified atom stereocenters. The van der Waals surface area contributed by atoms with E-state index in [0.29, 0.717) is 0 Å². The third-order valence-corrected chi connectivity index (χ3v) is 0. The average molecular weight is 110 g/mol. The maximum absolute atomic E-state index is 8.78. The number of hydrogen-bond donors (Lipinski definition) is 1. The standard InChI is InChI=1S/C2H6.H3NO2S/c1-2;1-4(2)3/h1-2H3;1H2,(H,2,3)/p-1. The maximum atomic E-state index is 8.78. The second kappa shape index (κ2) is 8.91. The third-order valence-electron chi connectivity index (χ3n) is 0. The molecule has 0 aromatic heterocycles. The Labute approximate surface area is 40.0 Å². The van der Waals surface area contributed by atoms with Crippen LogP contribution in [0.2, 0.25) is 0 Å². The van der Waals surface area contributed by atoms with Crippen molar-refractivity contribution in [2.45, 2.75) is 13.8 Å². The summed E-state index contributed by atoms with van der Waals surface area (Å²) in [6.07, 6.45) is 0. The summed E-state index contributed by atoms with van der Waals surface area (Å²) in [5.41, 5.74) is 0. The van der Waals surface area contributed by atoms with Gasteiger partial charge in [-0.3, -0.25) is 9.35 Å². The lowest BCUT2D eigenvalue weighted by molar-refractivity contribution is 0.539. The van der Waals surface area contributed by atoms with E-state index in [1.807, 2.05) is 13.8 Å². The molecule has 0 aliphatic carbocycles. The molecular formula is C2H8NO2S-. The van der Waals surface area contributed by atoms with Crippen LogP contribution in [0.4, 0.5) is 0 Å². The monoisotopic (exact) mass is 110 g/mol. The van der Waals surface area contributed by atoms with Crippen LogP contribution in [0.3, 0.4) is 0 Å². The van der Waals surface area contributed by atoms with Gasteiger partial charge < -0.3 is 4.55 Å². The van der Waals surface area contributed by atoms with Crippen LogP contribution < -0.4 is 5.14 Å². The van der Waals surface area contributed by atoms with Crippen LogP contribution in [0.5, 0.6) is 0 Å². The summed E-state index contributed by atoms with van der Waals surface area (Å²) in [6.45, 7) is 4.00. The van der Waals surface area contributed by atoms with Crippen LogP contribution in [0.1, 0.15) is 13.8 Å². The molecule has 1 atom stereocenters. The van der Waals surface area contributed by atoms with Gasteiger partial charge in [0.1, 0.15) is 0 Å². The molecule has 2 N–H and O–H groups in total. The van der Waals surface area contributed by atoms with Crippen LogP contribution in [0, 0.1) is 0 Å². The molecule has 6 heavy (non-hydrogen) atoms. The predicted molar refractivity (Wildman–Crippen MR) is 24.5 cm³/mol. The van der Waals surface area contributed by atoms with Gasteiger partial charge in [0, 0.05) is 11.3 Å². The highest BCUT2D eigenvalue weighted by atomic mass is 32.2. The molecule has 0 fully saturated rings. The Bertz CT molecular complexity index is 34.5. The van der Waals surface area contributed by atoms with E-state index < -0.39 is 11.3 Å². The lowest BCUT2D eigenvalue weighted by Gasteiger charge is -1.85. The van der Waals surface area contributed by atoms with Crippen molar-refractivity contribution in [2.24, 2.45) is 5.14 Å². The molecule has 0 radical (unpaired) electrons. The zero-order valence-electron chi connectivity index (χ0n) is 3.80. The first-order valence-corrected chi connectivity index (χ1v) is 2.71. The van der Waals surface area contributed by atoms with E-state index in [1.165, 1.54) is 0 Å². The van der Waals surface area contributed by atoms with Crippen LogP contribution in [0.15, 0.2) is 0 Å². The molecule has 40 valence electrons. The van der Waals surface area contributed by atoms with Crippen molar-refractivity contribution in [1.29, 1.82) is 0 Å². The van der Waals surface area contributed by atoms with E-state index in [-0.39, 0.29) is 0 Å². The van der Waals surface area contributed by atoms with Gasteiger partial charge in [-0.15, -0.1) is 0 Å². The van der Waals surface area contributed by atoms with Crippen molar-refractivity contribution in [3.63, 3.8) is 0 Å². The topological polar surface area (TPSA) is 66.2 Å². The van der Waals surface area contributed by atoms with Crippen molar-refractivity contribution in [1.82, 2.24) is 0 Å². The first kappa shape index (κ1) is 9.42. The Morgan fingerprint density at radius 2 is 1.67 bits per heavy atom. The van der Waals surface area contributed by atoms with Gasteiger partial charge in [0.15, 0.2) is 0 Å². The Kier molecular flexibility index (Phi) is 14.0. The highest BCUT2D eigenvalue weighted by Gasteiger charge is 1.39. The summed E-state index contributed by atoms with van der Waals surface area (Å²) in [4.78, 5) is 0. The Morgan fingerprint density at radius 1 is 1.67 bits per heavy atom. The summed E-state index contributed by atoms with van der Waals surface area (Å²) in [7, 11) is 0. The fourth-order valence-corrected chi connectivity index (χ4v) is 0. The maximum Gasteiger partial charge on any atom is 0.0152 e. The molecule has 0 heterocycles. The van der Waals surface area contributed by atoms with Gasteiger partial charge >= 0.3 is 0 Å². The minimum atomic E-state index is -2.36. The molecule has 4 heteroatoms. The number of rotatable bonds is 0. The Hall–Kier alpha value is 0.0700. The largest absolute Gasteiger partial charge is 0.760 e. The van der Waals surface area contributed by atoms with Gasteiger partial charge in [-0.25, -0.2) is 0 Å². The molecule has 0 spiro atoms. The molecule has 0 saturated carbocycles. The Balaban J connectivity index is 0. The summed E-state index contributed by atoms with van der Waals surface area (Å²) in [6, 6.07) is 0. The molecule has 0 aromatic rings. The molecule has 0 bridgehead atoms. The second-order valence-electron chi connectivity index (χ2n) is 0.260. The van der Waals surface area contributed by atoms with Gasteiger partial charge in [-0.1, -0.05) is 13.8 Å². The number of nitrogens with two attached hydrogens (primary N) is 1. The molecule has 0 amide bonds. The van der Waals surface area contributed by atoms with Gasteiger partial charge in [0.25, 0.3) is 0 Å². The van der Waals surface area contributed by atoms with E-state index in [1.54, 1.807) is 0 Å². The number of hydrogen-bond acceptors (Lipinski definition) is 2. The molecule has 0 saturated heterocycles. The zero-order chi connectivity index (χ0) is 5.58. The van der Waals surface area contributed by atoms with E-state index >= 15 is 0 Å². The van der Waals surface area contributed by atoms with Gasteiger partial charge in [-0.2, -0.15) is 0 Å². The molecule has 0 rings (SSSR count). The highest BCUT2D eigenvalue weighted by Crippen LogP contribution is 1.33. The molecule has 0 aromatic carbocycles. The summed E-state index contributed by atoms with van der Waals surface area (Å²) >= 11 is -2.36. The van der Waals surface area contributed by atoms with Gasteiger partial charge in [0.05, 0.1) is 0 Å². The quantitative estimate of drug-likeness (QED) is 0.437. The molecule has 0 aliphatic heterocycles. The zero-order valence-corrected chi connectivity index (χ0v) is 4.62. The first-order valence-electron chi connectivity index (χ1n) is 1.57. The molecular weight excluding hydrogens is 102 g/mol. The fraction of sp³-hybridized carbons (Fsp3) is 1.00. The summed E-state index contributed by atoms with van der Waals surface area (Å²) in [5.74, 6) is 0. The van der Waals surface area contributed by atoms with Crippen molar-refractivity contribution < 1.29 is 8.76 Å². The van der Waals surface area contributed by atoms with Crippen LogP contribution in [0.25, 0.3) is 0 Å². The average Bonchev–Trinajstić information content (AvgIpc) is 1.41. The van der Waals surface area contributed by atoms with E-state index in [4.69, 9.17) is 8.76 Å². The van der Waals surface area contributed by atoms with E-state index in [0.717, 1.165) is 0 Å². The minimum absolute atomic E-state index is 2.00. The molecule has 0 aliphatic rings. The van der Waals surface area contributed by atoms with E-state index in [2.05, 4.69) is 5.14 Å². The van der Waals surface area contributed by atoms with Crippen molar-refractivity contribution in [3.05, 3.63) is 0 Å². The van der Waals surface area contributed by atoms with Gasteiger partial charge in [0.2, 0.25) is 0 Å². The normalized spacial score (nSPS) is 11.3. The first-order chi connectivity index (χ1) is 2.73. The van der Waals surface area contributed by atoms with Crippen LogP contribution in [-0.2, 0) is 11.3 Å². The van der Waals surface area contributed by atoms with Gasteiger partial charge in [-0.05, 0) is 0 Å². The minimum Gasteiger partial charge on any atom is -0.760 e. The third kappa shape index (κ3) is 7830. The van der Waals surface area contributed by atoms with Crippen LogP contribution in [-0.4, -0.2) is 8.76 Å². The Morgan fingerprint density at radius 3 is 1.67 bits per heavy atom. The van der Waals surface area contributed by atoms with Crippen molar-refractivity contribution in [2.75, 3.05) is 0 Å². The van der Waals surface area contributed by atoms with E-state index in [9.17, 15) is 0 Å². The highest BCUT2D eigenvalue weighted by molar-refractivity contribution is 7.76. The second-order valence-corrected chi connectivity index (χ2v) is 0.781. The predicted octanol–water partition coefficient (Wildman–Crippen LogP) is -0.235. The lowest BCUT2D eigenvalue weighted by Crippen LogP contribution is -1.97. The summed E-state index contributed by atoms with van der Waals surface area (Å²) in [5, 5.41) is 4.03. The smallest absolute Gasteiger partial charge is 0.0152 e.